The van der Waals surface area contributed by atoms with Crippen LogP contribution in [0.15, 0.2) is 22.7 Å². The topological polar surface area (TPSA) is 43.8 Å². The van der Waals surface area contributed by atoms with Gasteiger partial charge in [-0.25, -0.2) is 4.68 Å². The van der Waals surface area contributed by atoms with Crippen molar-refractivity contribution in [2.75, 3.05) is 0 Å². The lowest BCUT2D eigenvalue weighted by molar-refractivity contribution is 0.641. The highest BCUT2D eigenvalue weighted by molar-refractivity contribution is 9.10. The largest absolute Gasteiger partial charge is 0.327 e. The van der Waals surface area contributed by atoms with Gasteiger partial charge >= 0.3 is 0 Å². The van der Waals surface area contributed by atoms with Gasteiger partial charge < -0.3 is 5.73 Å². The smallest absolute Gasteiger partial charge is 0.0848 e. The molecule has 0 radical (unpaired) electrons. The molecule has 1 atom stereocenters. The van der Waals surface area contributed by atoms with Gasteiger partial charge in [0.15, 0.2) is 0 Å². The second-order valence-corrected chi connectivity index (χ2v) is 6.34. The van der Waals surface area contributed by atoms with Gasteiger partial charge in [0.2, 0.25) is 0 Å². The Balaban J connectivity index is 2.53. The first-order valence-corrected chi connectivity index (χ1v) is 7.87. The Morgan fingerprint density at radius 3 is 2.65 bits per heavy atom. The molecule has 0 aliphatic carbocycles. The minimum absolute atomic E-state index is 0.155. The predicted molar refractivity (Wildman–Crippen MR) is 87.7 cm³/mol. The molecule has 0 saturated carbocycles. The van der Waals surface area contributed by atoms with Crippen molar-refractivity contribution >= 4 is 27.5 Å². The third-order valence-electron chi connectivity index (χ3n) is 3.49. The Morgan fingerprint density at radius 2 is 2.10 bits per heavy atom. The second kappa shape index (κ2) is 6.29. The summed E-state index contributed by atoms with van der Waals surface area (Å²) < 4.78 is 2.92. The standard InChI is InChI=1S/C15H19BrClN3/c1-4-13(18)7-11-5-6-12(16)8-14(11)20-10(3)15(17)9(2)19-20/h5-6,8,13H,4,7,18H2,1-3H3. The first-order chi connectivity index (χ1) is 9.43. The van der Waals surface area contributed by atoms with Gasteiger partial charge in [-0.05, 0) is 44.4 Å². The molecule has 3 nitrogen and oxygen atoms in total. The molecule has 2 aromatic rings. The van der Waals surface area contributed by atoms with Crippen molar-refractivity contribution in [1.29, 1.82) is 0 Å². The Morgan fingerprint density at radius 1 is 1.40 bits per heavy atom. The molecule has 0 spiro atoms. The SMILES string of the molecule is CCC(N)Cc1ccc(Br)cc1-n1nc(C)c(Cl)c1C. The van der Waals surface area contributed by atoms with Crippen molar-refractivity contribution in [3.05, 3.63) is 44.6 Å². The molecule has 2 rings (SSSR count). The Bertz CT molecular complexity index is 622. The van der Waals surface area contributed by atoms with E-state index in [2.05, 4.69) is 40.1 Å². The summed E-state index contributed by atoms with van der Waals surface area (Å²) in [7, 11) is 0. The maximum Gasteiger partial charge on any atom is 0.0848 e. The molecule has 1 aromatic carbocycles. The highest BCUT2D eigenvalue weighted by Gasteiger charge is 2.15. The van der Waals surface area contributed by atoms with E-state index in [0.717, 1.165) is 39.4 Å². The van der Waals surface area contributed by atoms with Gasteiger partial charge in [-0.3, -0.25) is 0 Å². The third-order valence-corrected chi connectivity index (χ3v) is 4.53. The van der Waals surface area contributed by atoms with Crippen LogP contribution in [0.1, 0.15) is 30.3 Å². The van der Waals surface area contributed by atoms with Crippen molar-refractivity contribution in [2.45, 2.75) is 39.7 Å². The number of nitrogens with two attached hydrogens (primary N) is 1. The number of halogens is 2. The number of nitrogens with zero attached hydrogens (tertiary/aromatic N) is 2. The van der Waals surface area contributed by atoms with E-state index in [0.29, 0.717) is 0 Å². The van der Waals surface area contributed by atoms with Crippen LogP contribution in [0.4, 0.5) is 0 Å². The van der Waals surface area contributed by atoms with E-state index < -0.39 is 0 Å². The number of aromatic nitrogens is 2. The van der Waals surface area contributed by atoms with Crippen LogP contribution in [0.25, 0.3) is 5.69 Å². The van der Waals surface area contributed by atoms with Gasteiger partial charge in [0.05, 0.1) is 22.1 Å². The van der Waals surface area contributed by atoms with Crippen molar-refractivity contribution in [3.63, 3.8) is 0 Å². The van der Waals surface area contributed by atoms with E-state index in [1.165, 1.54) is 5.56 Å². The predicted octanol–water partition coefficient (Wildman–Crippen LogP) is 4.18. The van der Waals surface area contributed by atoms with Crippen LogP contribution in [0, 0.1) is 13.8 Å². The molecular formula is C15H19BrClN3. The fourth-order valence-electron chi connectivity index (χ4n) is 2.19. The average molecular weight is 357 g/mol. The zero-order valence-corrected chi connectivity index (χ0v) is 14.3. The molecule has 1 heterocycles. The van der Waals surface area contributed by atoms with Gasteiger partial charge in [-0.2, -0.15) is 5.10 Å². The van der Waals surface area contributed by atoms with Crippen molar-refractivity contribution < 1.29 is 0 Å². The summed E-state index contributed by atoms with van der Waals surface area (Å²) in [4.78, 5) is 0. The number of benzene rings is 1. The quantitative estimate of drug-likeness (QED) is 0.893. The molecule has 0 aliphatic rings. The van der Waals surface area contributed by atoms with E-state index >= 15 is 0 Å². The molecule has 0 saturated heterocycles. The van der Waals surface area contributed by atoms with E-state index in [1.54, 1.807) is 0 Å². The molecule has 20 heavy (non-hydrogen) atoms. The van der Waals surface area contributed by atoms with E-state index in [9.17, 15) is 0 Å². The summed E-state index contributed by atoms with van der Waals surface area (Å²) in [5, 5.41) is 5.26. The summed E-state index contributed by atoms with van der Waals surface area (Å²) >= 11 is 9.78. The minimum atomic E-state index is 0.155. The van der Waals surface area contributed by atoms with Crippen LogP contribution in [0.2, 0.25) is 5.02 Å². The number of aryl methyl sites for hydroxylation is 1. The highest BCUT2D eigenvalue weighted by atomic mass is 79.9. The highest BCUT2D eigenvalue weighted by Crippen LogP contribution is 2.27. The van der Waals surface area contributed by atoms with E-state index in [1.807, 2.05) is 24.6 Å². The fourth-order valence-corrected chi connectivity index (χ4v) is 2.66. The van der Waals surface area contributed by atoms with Crippen LogP contribution in [0.5, 0.6) is 0 Å². The van der Waals surface area contributed by atoms with Gasteiger partial charge in [-0.15, -0.1) is 0 Å². The first-order valence-electron chi connectivity index (χ1n) is 6.70. The van der Waals surface area contributed by atoms with E-state index in [4.69, 9.17) is 17.3 Å². The Labute approximate surface area is 133 Å². The molecule has 2 N–H and O–H groups in total. The summed E-state index contributed by atoms with van der Waals surface area (Å²) in [6, 6.07) is 6.35. The number of hydrogen-bond donors (Lipinski definition) is 1. The van der Waals surface area contributed by atoms with Gasteiger partial charge in [0.25, 0.3) is 0 Å². The van der Waals surface area contributed by atoms with Crippen LogP contribution < -0.4 is 5.73 Å². The lowest BCUT2D eigenvalue weighted by atomic mass is 10.0. The van der Waals surface area contributed by atoms with Gasteiger partial charge in [-0.1, -0.05) is 40.5 Å². The zero-order valence-electron chi connectivity index (χ0n) is 12.0. The molecule has 5 heteroatoms. The second-order valence-electron chi connectivity index (χ2n) is 5.04. The summed E-state index contributed by atoms with van der Waals surface area (Å²) in [5.41, 5.74) is 10.1. The Hall–Kier alpha value is -0.840. The normalized spacial score (nSPS) is 12.7. The van der Waals surface area contributed by atoms with Crippen molar-refractivity contribution in [1.82, 2.24) is 9.78 Å². The Kier molecular flexibility index (Phi) is 4.89. The fraction of sp³-hybridized carbons (Fsp3) is 0.400. The van der Waals surface area contributed by atoms with Crippen LogP contribution >= 0.6 is 27.5 Å². The molecule has 0 fully saturated rings. The summed E-state index contributed by atoms with van der Waals surface area (Å²) in [6.07, 6.45) is 1.78. The molecule has 0 bridgehead atoms. The molecule has 1 aromatic heterocycles. The molecule has 1 unspecified atom stereocenters. The molecule has 0 amide bonds. The maximum atomic E-state index is 6.25. The average Bonchev–Trinajstić information content (AvgIpc) is 2.68. The van der Waals surface area contributed by atoms with Crippen LogP contribution in [-0.2, 0) is 6.42 Å². The first kappa shape index (κ1) is 15.5. The number of rotatable bonds is 4. The maximum absolute atomic E-state index is 6.25. The number of hydrogen-bond acceptors (Lipinski definition) is 2. The molecular weight excluding hydrogens is 338 g/mol. The molecule has 0 aliphatic heterocycles. The van der Waals surface area contributed by atoms with Crippen LogP contribution in [-0.4, -0.2) is 15.8 Å². The van der Waals surface area contributed by atoms with E-state index in [-0.39, 0.29) is 6.04 Å². The summed E-state index contributed by atoms with van der Waals surface area (Å²) in [6.45, 7) is 6.00. The third kappa shape index (κ3) is 3.08. The monoisotopic (exact) mass is 355 g/mol. The summed E-state index contributed by atoms with van der Waals surface area (Å²) in [5.74, 6) is 0. The lowest BCUT2D eigenvalue weighted by Crippen LogP contribution is -2.22. The zero-order chi connectivity index (χ0) is 14.9. The van der Waals surface area contributed by atoms with Gasteiger partial charge in [0.1, 0.15) is 0 Å². The molecule has 108 valence electrons. The van der Waals surface area contributed by atoms with Gasteiger partial charge in [0, 0.05) is 10.5 Å². The lowest BCUT2D eigenvalue weighted by Gasteiger charge is -2.15. The van der Waals surface area contributed by atoms with Crippen molar-refractivity contribution in [3.8, 4) is 5.69 Å². The van der Waals surface area contributed by atoms with Crippen LogP contribution in [0.3, 0.4) is 0 Å². The minimum Gasteiger partial charge on any atom is -0.327 e. The van der Waals surface area contributed by atoms with Crippen molar-refractivity contribution in [2.24, 2.45) is 5.73 Å².